The van der Waals surface area contributed by atoms with Gasteiger partial charge in [-0.15, -0.1) is 11.3 Å². The Morgan fingerprint density at radius 3 is 3.05 bits per heavy atom. The van der Waals surface area contributed by atoms with E-state index in [9.17, 15) is 5.11 Å². The zero-order chi connectivity index (χ0) is 15.1. The van der Waals surface area contributed by atoms with Crippen LogP contribution in [0.4, 0.5) is 10.9 Å². The minimum atomic E-state index is -0.0723. The molecule has 0 bridgehead atoms. The predicted molar refractivity (Wildman–Crippen MR) is 85.9 cm³/mol. The summed E-state index contributed by atoms with van der Waals surface area (Å²) in [7, 11) is 0. The summed E-state index contributed by atoms with van der Waals surface area (Å²) in [5.74, 6) is 1.18. The van der Waals surface area contributed by atoms with Crippen molar-refractivity contribution in [3.63, 3.8) is 0 Å². The van der Waals surface area contributed by atoms with Gasteiger partial charge in [-0.25, -0.2) is 4.98 Å². The maximum atomic E-state index is 9.39. The summed E-state index contributed by atoms with van der Waals surface area (Å²) in [5, 5.41) is 15.8. The molecule has 0 aliphatic heterocycles. The number of benzene rings is 1. The fourth-order valence-electron chi connectivity index (χ4n) is 1.66. The highest BCUT2D eigenvalue weighted by molar-refractivity contribution is 7.14. The van der Waals surface area contributed by atoms with Crippen molar-refractivity contribution in [1.82, 2.24) is 4.98 Å². The van der Waals surface area contributed by atoms with Crippen molar-refractivity contribution in [1.29, 1.82) is 0 Å². The highest BCUT2D eigenvalue weighted by Gasteiger charge is 2.03. The van der Waals surface area contributed by atoms with Crippen LogP contribution < -0.4 is 15.9 Å². The number of rotatable bonds is 7. The number of nitrogens with zero attached hydrogens (tertiary/aromatic N) is 2. The summed E-state index contributed by atoms with van der Waals surface area (Å²) in [4.78, 5) is 4.03. The number of hydrogen-bond donors (Lipinski definition) is 3. The van der Waals surface area contributed by atoms with E-state index in [0.717, 1.165) is 17.5 Å². The molecule has 0 aliphatic carbocycles. The van der Waals surface area contributed by atoms with Gasteiger partial charge in [0.15, 0.2) is 0 Å². The molecule has 112 valence electrons. The molecule has 1 heterocycles. The molecule has 0 aliphatic rings. The second kappa shape index (κ2) is 7.61. The van der Waals surface area contributed by atoms with Gasteiger partial charge in [-0.05, 0) is 30.2 Å². The molecule has 21 heavy (non-hydrogen) atoms. The molecule has 0 radical (unpaired) electrons. The van der Waals surface area contributed by atoms with Crippen molar-refractivity contribution >= 4 is 28.5 Å². The molecule has 0 spiro atoms. The first-order valence-electron chi connectivity index (χ1n) is 6.59. The molecule has 0 atom stereocenters. The maximum absolute atomic E-state index is 9.39. The van der Waals surface area contributed by atoms with Gasteiger partial charge in [0.2, 0.25) is 5.13 Å². The first-order chi connectivity index (χ1) is 10.2. The van der Waals surface area contributed by atoms with Crippen molar-refractivity contribution in [2.75, 3.05) is 17.8 Å². The summed E-state index contributed by atoms with van der Waals surface area (Å²) >= 11 is 1.38. The topological polar surface area (TPSA) is 92.8 Å². The molecule has 4 N–H and O–H groups in total. The average Bonchev–Trinajstić information content (AvgIpc) is 2.91. The summed E-state index contributed by atoms with van der Waals surface area (Å²) < 4.78 is 5.57. The third kappa shape index (κ3) is 4.44. The molecule has 6 nitrogen and oxygen atoms in total. The van der Waals surface area contributed by atoms with E-state index < -0.39 is 0 Å². The summed E-state index contributed by atoms with van der Waals surface area (Å²) in [6.45, 7) is 2.60. The predicted octanol–water partition coefficient (Wildman–Crippen LogP) is 2.45. The molecule has 2 rings (SSSR count). The third-order valence-corrected chi connectivity index (χ3v) is 3.38. The second-order valence-corrected chi connectivity index (χ2v) is 5.18. The fraction of sp³-hybridized carbons (Fsp3) is 0.286. The van der Waals surface area contributed by atoms with Crippen LogP contribution in [0.1, 0.15) is 24.5 Å². The zero-order valence-corrected chi connectivity index (χ0v) is 12.6. The van der Waals surface area contributed by atoms with Gasteiger partial charge in [0.25, 0.3) is 0 Å². The Morgan fingerprint density at radius 2 is 2.38 bits per heavy atom. The number of anilines is 2. The maximum Gasteiger partial charge on any atom is 0.205 e. The van der Waals surface area contributed by atoms with Crippen molar-refractivity contribution in [3.8, 4) is 5.75 Å². The molecule has 0 saturated carbocycles. The standard InChI is InChI=1S/C14H18N4O2S/c1-2-5-20-12-4-3-10(6-11(12)8-19)7-16-18-14-17-13(15)9-21-14/h3-4,6-7,9,19H,2,5,8,15H2,1H3,(H,17,18). The van der Waals surface area contributed by atoms with Gasteiger partial charge in [-0.2, -0.15) is 5.10 Å². The van der Waals surface area contributed by atoms with E-state index in [1.165, 1.54) is 11.3 Å². The van der Waals surface area contributed by atoms with E-state index in [4.69, 9.17) is 10.5 Å². The number of aliphatic hydroxyl groups is 1. The van der Waals surface area contributed by atoms with E-state index in [1.807, 2.05) is 25.1 Å². The highest BCUT2D eigenvalue weighted by atomic mass is 32.1. The Labute approximate surface area is 127 Å². The highest BCUT2D eigenvalue weighted by Crippen LogP contribution is 2.20. The van der Waals surface area contributed by atoms with Crippen LogP contribution in [0, 0.1) is 0 Å². The van der Waals surface area contributed by atoms with Crippen LogP contribution in [0.3, 0.4) is 0 Å². The number of ether oxygens (including phenoxy) is 1. The van der Waals surface area contributed by atoms with Gasteiger partial charge < -0.3 is 15.6 Å². The number of nitrogens with one attached hydrogen (secondary N) is 1. The Hall–Kier alpha value is -2.12. The van der Waals surface area contributed by atoms with Gasteiger partial charge in [0.1, 0.15) is 11.6 Å². The molecule has 1 aromatic heterocycles. The minimum absolute atomic E-state index is 0.0723. The Balaban J connectivity index is 2.02. The summed E-state index contributed by atoms with van der Waals surface area (Å²) in [6.07, 6.45) is 2.58. The van der Waals surface area contributed by atoms with E-state index in [0.29, 0.717) is 23.3 Å². The molecule has 2 aromatic rings. The van der Waals surface area contributed by atoms with Crippen LogP contribution >= 0.6 is 11.3 Å². The van der Waals surface area contributed by atoms with Gasteiger partial charge in [-0.3, -0.25) is 5.43 Å². The first kappa shape index (κ1) is 15.3. The molecular formula is C14H18N4O2S. The minimum Gasteiger partial charge on any atom is -0.493 e. The molecule has 0 unspecified atom stereocenters. The van der Waals surface area contributed by atoms with Crippen LogP contribution in [-0.2, 0) is 6.61 Å². The fourth-order valence-corrected chi connectivity index (χ4v) is 2.20. The number of aromatic nitrogens is 1. The van der Waals surface area contributed by atoms with E-state index >= 15 is 0 Å². The van der Waals surface area contributed by atoms with E-state index in [1.54, 1.807) is 11.6 Å². The molecule has 0 fully saturated rings. The van der Waals surface area contributed by atoms with Crippen LogP contribution in [0.15, 0.2) is 28.7 Å². The van der Waals surface area contributed by atoms with Crippen molar-refractivity contribution in [2.45, 2.75) is 20.0 Å². The van der Waals surface area contributed by atoms with Crippen LogP contribution in [0.5, 0.6) is 5.75 Å². The van der Waals surface area contributed by atoms with Gasteiger partial charge in [-0.1, -0.05) is 6.92 Å². The van der Waals surface area contributed by atoms with Crippen LogP contribution in [-0.4, -0.2) is 22.9 Å². The smallest absolute Gasteiger partial charge is 0.205 e. The van der Waals surface area contributed by atoms with E-state index in [-0.39, 0.29) is 6.61 Å². The Bertz CT molecular complexity index is 613. The van der Waals surface area contributed by atoms with Crippen molar-refractivity contribution in [3.05, 3.63) is 34.7 Å². The quantitative estimate of drug-likeness (QED) is 0.540. The largest absolute Gasteiger partial charge is 0.493 e. The number of thiazole rings is 1. The third-order valence-electron chi connectivity index (χ3n) is 2.61. The average molecular weight is 306 g/mol. The van der Waals surface area contributed by atoms with Crippen molar-refractivity contribution < 1.29 is 9.84 Å². The van der Waals surface area contributed by atoms with Crippen molar-refractivity contribution in [2.24, 2.45) is 5.10 Å². The molecule has 7 heteroatoms. The SMILES string of the molecule is CCCOc1ccc(C=NNc2nc(N)cs2)cc1CO. The molecule has 1 aromatic carbocycles. The molecule has 0 amide bonds. The zero-order valence-electron chi connectivity index (χ0n) is 11.7. The summed E-state index contributed by atoms with van der Waals surface area (Å²) in [6, 6.07) is 5.56. The number of nitrogen functional groups attached to an aromatic ring is 1. The number of aliphatic hydroxyl groups excluding tert-OH is 1. The van der Waals surface area contributed by atoms with Gasteiger partial charge in [0, 0.05) is 10.9 Å². The van der Waals surface area contributed by atoms with Gasteiger partial charge >= 0.3 is 0 Å². The lowest BCUT2D eigenvalue weighted by Gasteiger charge is -2.09. The number of hydrazone groups is 1. The number of nitrogens with two attached hydrogens (primary N) is 1. The first-order valence-corrected chi connectivity index (χ1v) is 7.47. The molecular weight excluding hydrogens is 288 g/mol. The second-order valence-electron chi connectivity index (χ2n) is 4.32. The van der Waals surface area contributed by atoms with Gasteiger partial charge in [0.05, 0.1) is 19.4 Å². The lowest BCUT2D eigenvalue weighted by molar-refractivity contribution is 0.263. The molecule has 0 saturated heterocycles. The monoisotopic (exact) mass is 306 g/mol. The van der Waals surface area contributed by atoms with E-state index in [2.05, 4.69) is 15.5 Å². The summed E-state index contributed by atoms with van der Waals surface area (Å²) in [5.41, 5.74) is 9.93. The number of hydrogen-bond acceptors (Lipinski definition) is 7. The van der Waals surface area contributed by atoms with Crippen LogP contribution in [0.2, 0.25) is 0 Å². The lowest BCUT2D eigenvalue weighted by atomic mass is 10.1. The normalized spacial score (nSPS) is 11.0. The Morgan fingerprint density at radius 1 is 1.52 bits per heavy atom. The Kier molecular flexibility index (Phi) is 5.53. The van der Waals surface area contributed by atoms with Crippen LogP contribution in [0.25, 0.3) is 0 Å². The lowest BCUT2D eigenvalue weighted by Crippen LogP contribution is -2.00.